The number of imidazole rings is 1. The number of thioether (sulfide) groups is 1. The van der Waals surface area contributed by atoms with Gasteiger partial charge in [0.2, 0.25) is 0 Å². The van der Waals surface area contributed by atoms with Gasteiger partial charge in [-0.05, 0) is 18.6 Å². The number of hydrogen-bond donors (Lipinski definition) is 1. The fraction of sp³-hybridized carbons (Fsp3) is 0.231. The minimum absolute atomic E-state index is 0.0530. The number of carboxylic acid groups (broad SMARTS) is 1. The van der Waals surface area contributed by atoms with E-state index < -0.39 is 5.97 Å². The van der Waals surface area contributed by atoms with Crippen LogP contribution < -0.4 is 0 Å². The lowest BCUT2D eigenvalue weighted by Gasteiger charge is -2.04. The van der Waals surface area contributed by atoms with Crippen molar-refractivity contribution >= 4 is 28.9 Å². The van der Waals surface area contributed by atoms with Gasteiger partial charge < -0.3 is 5.11 Å². The van der Waals surface area contributed by atoms with Crippen molar-refractivity contribution in [3.8, 4) is 5.69 Å². The van der Waals surface area contributed by atoms with Crippen molar-refractivity contribution in [1.82, 2.24) is 24.3 Å². The van der Waals surface area contributed by atoms with Crippen LogP contribution >= 0.6 is 11.8 Å². The quantitative estimate of drug-likeness (QED) is 0.737. The van der Waals surface area contributed by atoms with Crippen molar-refractivity contribution in [2.24, 2.45) is 7.05 Å². The SMILES string of the molecule is Cc1cnc2c(c1)nc(SCC(=O)O)n2-c1cnn(C)c1. The monoisotopic (exact) mass is 303 g/mol. The Hall–Kier alpha value is -2.35. The molecule has 21 heavy (non-hydrogen) atoms. The molecule has 0 saturated carbocycles. The highest BCUT2D eigenvalue weighted by molar-refractivity contribution is 7.99. The minimum Gasteiger partial charge on any atom is -0.481 e. The molecule has 0 aliphatic carbocycles. The number of carboxylic acids is 1. The van der Waals surface area contributed by atoms with Crippen LogP contribution in [0.5, 0.6) is 0 Å². The third-order valence-electron chi connectivity index (χ3n) is 2.88. The van der Waals surface area contributed by atoms with Crippen LogP contribution in [0.2, 0.25) is 0 Å². The van der Waals surface area contributed by atoms with Gasteiger partial charge in [-0.25, -0.2) is 9.97 Å². The predicted octanol–water partition coefficient (Wildman–Crippen LogP) is 1.64. The summed E-state index contributed by atoms with van der Waals surface area (Å²) in [5.41, 5.74) is 3.26. The van der Waals surface area contributed by atoms with E-state index in [0.717, 1.165) is 16.8 Å². The average molecular weight is 303 g/mol. The molecule has 3 heterocycles. The van der Waals surface area contributed by atoms with Crippen LogP contribution in [0.3, 0.4) is 0 Å². The van der Waals surface area contributed by atoms with Crippen molar-refractivity contribution in [2.75, 3.05) is 5.75 Å². The fourth-order valence-electron chi connectivity index (χ4n) is 2.02. The topological polar surface area (TPSA) is 85.8 Å². The zero-order valence-corrected chi connectivity index (χ0v) is 12.3. The highest BCUT2D eigenvalue weighted by Crippen LogP contribution is 2.26. The molecule has 3 rings (SSSR count). The molecule has 0 spiro atoms. The van der Waals surface area contributed by atoms with Crippen LogP contribution in [0.4, 0.5) is 0 Å². The number of aromatic nitrogens is 5. The van der Waals surface area contributed by atoms with Crippen LogP contribution in [0.25, 0.3) is 16.9 Å². The average Bonchev–Trinajstić information content (AvgIpc) is 2.98. The first-order valence-electron chi connectivity index (χ1n) is 6.23. The number of hydrogen-bond acceptors (Lipinski definition) is 5. The van der Waals surface area contributed by atoms with E-state index in [0.29, 0.717) is 10.8 Å². The molecule has 0 unspecified atom stereocenters. The Balaban J connectivity index is 2.17. The van der Waals surface area contributed by atoms with Crippen molar-refractivity contribution in [3.63, 3.8) is 0 Å². The van der Waals surface area contributed by atoms with Crippen LogP contribution in [0, 0.1) is 6.92 Å². The van der Waals surface area contributed by atoms with E-state index in [4.69, 9.17) is 5.11 Å². The Labute approximate surface area is 124 Å². The van der Waals surface area contributed by atoms with Gasteiger partial charge in [0.15, 0.2) is 10.8 Å². The van der Waals surface area contributed by atoms with Gasteiger partial charge in [-0.3, -0.25) is 14.0 Å². The van der Waals surface area contributed by atoms with E-state index >= 15 is 0 Å². The molecule has 0 fully saturated rings. The first-order valence-corrected chi connectivity index (χ1v) is 7.22. The van der Waals surface area contributed by atoms with Gasteiger partial charge in [-0.2, -0.15) is 5.10 Å². The highest BCUT2D eigenvalue weighted by Gasteiger charge is 2.16. The zero-order chi connectivity index (χ0) is 15.0. The van der Waals surface area contributed by atoms with Crippen molar-refractivity contribution in [1.29, 1.82) is 0 Å². The molecule has 0 amide bonds. The Morgan fingerprint density at radius 1 is 1.43 bits per heavy atom. The smallest absolute Gasteiger partial charge is 0.313 e. The molecule has 108 valence electrons. The lowest BCUT2D eigenvalue weighted by atomic mass is 10.3. The van der Waals surface area contributed by atoms with Crippen LogP contribution in [0.1, 0.15) is 5.56 Å². The lowest BCUT2D eigenvalue weighted by molar-refractivity contribution is -0.133. The van der Waals surface area contributed by atoms with Gasteiger partial charge in [0.1, 0.15) is 5.52 Å². The maximum absolute atomic E-state index is 10.8. The number of aryl methyl sites for hydroxylation is 2. The van der Waals surface area contributed by atoms with E-state index in [9.17, 15) is 4.79 Å². The molecule has 0 aromatic carbocycles. The predicted molar refractivity (Wildman–Crippen MR) is 78.7 cm³/mol. The van der Waals surface area contributed by atoms with E-state index in [1.54, 1.807) is 17.1 Å². The van der Waals surface area contributed by atoms with E-state index in [1.807, 2.05) is 30.8 Å². The zero-order valence-electron chi connectivity index (χ0n) is 11.5. The Bertz CT molecular complexity index is 823. The van der Waals surface area contributed by atoms with Gasteiger partial charge in [0.05, 0.1) is 17.6 Å². The molecule has 0 saturated heterocycles. The van der Waals surface area contributed by atoms with E-state index in [-0.39, 0.29) is 5.75 Å². The molecule has 0 atom stereocenters. The summed E-state index contributed by atoms with van der Waals surface area (Å²) in [5.74, 6) is -0.934. The summed E-state index contributed by atoms with van der Waals surface area (Å²) in [4.78, 5) is 19.7. The van der Waals surface area contributed by atoms with Crippen molar-refractivity contribution in [3.05, 3.63) is 30.2 Å². The van der Waals surface area contributed by atoms with Crippen LogP contribution in [-0.2, 0) is 11.8 Å². The standard InChI is InChI=1S/C13H13N5O2S/c1-8-3-10-12(14-4-8)18(9-5-15-17(2)6-9)13(16-10)21-7-11(19)20/h3-6H,7H2,1-2H3,(H,19,20). The Morgan fingerprint density at radius 2 is 2.24 bits per heavy atom. The fourth-order valence-corrected chi connectivity index (χ4v) is 2.76. The number of nitrogens with zero attached hydrogens (tertiary/aromatic N) is 5. The second-order valence-corrected chi connectivity index (χ2v) is 5.58. The van der Waals surface area contributed by atoms with E-state index in [1.165, 1.54) is 11.8 Å². The number of fused-ring (bicyclic) bond motifs is 1. The molecule has 8 heteroatoms. The minimum atomic E-state index is -0.881. The summed E-state index contributed by atoms with van der Waals surface area (Å²) < 4.78 is 3.51. The molecule has 3 aromatic rings. The summed E-state index contributed by atoms with van der Waals surface area (Å²) in [6.45, 7) is 1.94. The molecule has 3 aromatic heterocycles. The van der Waals surface area contributed by atoms with Gasteiger partial charge in [-0.15, -0.1) is 0 Å². The molecular weight excluding hydrogens is 290 g/mol. The summed E-state index contributed by atoms with van der Waals surface area (Å²) in [6.07, 6.45) is 5.31. The second-order valence-electron chi connectivity index (χ2n) is 4.64. The summed E-state index contributed by atoms with van der Waals surface area (Å²) in [5, 5.41) is 13.6. The Morgan fingerprint density at radius 3 is 2.90 bits per heavy atom. The van der Waals surface area contributed by atoms with Crippen LogP contribution in [-0.4, -0.2) is 41.1 Å². The van der Waals surface area contributed by atoms with Gasteiger partial charge in [-0.1, -0.05) is 11.8 Å². The molecule has 1 N–H and O–H groups in total. The second kappa shape index (κ2) is 5.21. The third kappa shape index (κ3) is 2.62. The van der Waals surface area contributed by atoms with Gasteiger partial charge in [0, 0.05) is 19.4 Å². The number of pyridine rings is 1. The summed E-state index contributed by atoms with van der Waals surface area (Å²) >= 11 is 1.17. The highest BCUT2D eigenvalue weighted by atomic mass is 32.2. The first kappa shape index (κ1) is 13.6. The molecule has 0 bridgehead atoms. The lowest BCUT2D eigenvalue weighted by Crippen LogP contribution is -2.01. The molecule has 0 aliphatic rings. The molecule has 0 radical (unpaired) electrons. The third-order valence-corrected chi connectivity index (χ3v) is 3.80. The summed E-state index contributed by atoms with van der Waals surface area (Å²) in [6, 6.07) is 1.93. The number of rotatable bonds is 4. The first-order chi connectivity index (χ1) is 10.0. The van der Waals surface area contributed by atoms with Crippen molar-refractivity contribution < 1.29 is 9.90 Å². The maximum atomic E-state index is 10.8. The molecule has 7 nitrogen and oxygen atoms in total. The largest absolute Gasteiger partial charge is 0.481 e. The molecular formula is C13H13N5O2S. The van der Waals surface area contributed by atoms with E-state index in [2.05, 4.69) is 15.1 Å². The van der Waals surface area contributed by atoms with Crippen molar-refractivity contribution in [2.45, 2.75) is 12.1 Å². The number of carbonyl (C=O) groups is 1. The van der Waals surface area contributed by atoms with Gasteiger partial charge >= 0.3 is 5.97 Å². The maximum Gasteiger partial charge on any atom is 0.313 e. The summed E-state index contributed by atoms with van der Waals surface area (Å²) in [7, 11) is 1.82. The molecule has 0 aliphatic heterocycles. The normalized spacial score (nSPS) is 11.1. The number of aliphatic carboxylic acids is 1. The Kier molecular flexibility index (Phi) is 3.38. The van der Waals surface area contributed by atoms with Crippen LogP contribution in [0.15, 0.2) is 29.8 Å². The van der Waals surface area contributed by atoms with Gasteiger partial charge in [0.25, 0.3) is 0 Å².